The quantitative estimate of drug-likeness (QED) is 0.620. The summed E-state index contributed by atoms with van der Waals surface area (Å²) in [5, 5.41) is 0. The van der Waals surface area contributed by atoms with E-state index in [-0.39, 0.29) is 5.91 Å². The number of carbonyl (C=O) groups is 1. The lowest BCUT2D eigenvalue weighted by atomic mass is 9.85. The van der Waals surface area contributed by atoms with E-state index >= 15 is 0 Å². The monoisotopic (exact) mass is 195 g/mol. The Kier molecular flexibility index (Phi) is 3.73. The maximum atomic E-state index is 11.6. The van der Waals surface area contributed by atoms with Crippen LogP contribution in [0.25, 0.3) is 0 Å². The summed E-state index contributed by atoms with van der Waals surface area (Å²) in [5.41, 5.74) is 0. The number of likely N-dealkylation sites (tertiary alicyclic amines) is 1. The minimum atomic E-state index is 0.0860. The zero-order valence-electron chi connectivity index (χ0n) is 9.49. The molecule has 1 aliphatic rings. The molecule has 0 aromatic rings. The van der Waals surface area contributed by atoms with E-state index in [9.17, 15) is 4.79 Å². The van der Waals surface area contributed by atoms with Gasteiger partial charge in [-0.25, -0.2) is 0 Å². The SMILES string of the molecule is C=CC(=O)N1C[C@@H](C(C)C)CC[C@H]1C. The van der Waals surface area contributed by atoms with Crippen LogP contribution in [0, 0.1) is 11.8 Å². The highest BCUT2D eigenvalue weighted by atomic mass is 16.2. The fourth-order valence-corrected chi connectivity index (χ4v) is 2.10. The third-order valence-electron chi connectivity index (χ3n) is 3.32. The summed E-state index contributed by atoms with van der Waals surface area (Å²) in [7, 11) is 0. The molecule has 1 saturated heterocycles. The lowest BCUT2D eigenvalue weighted by Crippen LogP contribution is -2.45. The van der Waals surface area contributed by atoms with Crippen LogP contribution in [-0.2, 0) is 4.79 Å². The van der Waals surface area contributed by atoms with Crippen molar-refractivity contribution < 1.29 is 4.79 Å². The Labute approximate surface area is 87.0 Å². The van der Waals surface area contributed by atoms with Gasteiger partial charge in [0.2, 0.25) is 5.91 Å². The first-order valence-corrected chi connectivity index (χ1v) is 5.49. The fourth-order valence-electron chi connectivity index (χ4n) is 2.10. The molecule has 2 nitrogen and oxygen atoms in total. The standard InChI is InChI=1S/C12H21NO/c1-5-12(14)13-8-11(9(2)3)7-6-10(13)4/h5,9-11H,1,6-8H2,2-4H3/t10-,11+/m1/s1. The van der Waals surface area contributed by atoms with Crippen molar-refractivity contribution in [3.8, 4) is 0 Å². The van der Waals surface area contributed by atoms with E-state index in [1.54, 1.807) is 0 Å². The second-order valence-electron chi connectivity index (χ2n) is 4.63. The van der Waals surface area contributed by atoms with Gasteiger partial charge in [-0.1, -0.05) is 20.4 Å². The minimum absolute atomic E-state index is 0.0860. The molecule has 1 rings (SSSR count). The van der Waals surface area contributed by atoms with Crippen LogP contribution in [0.4, 0.5) is 0 Å². The zero-order chi connectivity index (χ0) is 10.7. The average molecular weight is 195 g/mol. The zero-order valence-corrected chi connectivity index (χ0v) is 9.49. The van der Waals surface area contributed by atoms with Crippen molar-refractivity contribution in [3.63, 3.8) is 0 Å². The maximum Gasteiger partial charge on any atom is 0.246 e. The second-order valence-corrected chi connectivity index (χ2v) is 4.63. The van der Waals surface area contributed by atoms with Crippen LogP contribution < -0.4 is 0 Å². The van der Waals surface area contributed by atoms with Gasteiger partial charge < -0.3 is 4.90 Å². The average Bonchev–Trinajstić information content (AvgIpc) is 2.17. The van der Waals surface area contributed by atoms with Crippen LogP contribution in [0.15, 0.2) is 12.7 Å². The summed E-state index contributed by atoms with van der Waals surface area (Å²) >= 11 is 0. The molecule has 0 N–H and O–H groups in total. The summed E-state index contributed by atoms with van der Waals surface area (Å²) in [5.74, 6) is 1.42. The molecule has 0 spiro atoms. The number of hydrogen-bond donors (Lipinski definition) is 0. The van der Waals surface area contributed by atoms with Crippen LogP contribution in [0.5, 0.6) is 0 Å². The van der Waals surface area contributed by atoms with Gasteiger partial charge in [0.15, 0.2) is 0 Å². The van der Waals surface area contributed by atoms with Gasteiger partial charge in [0.1, 0.15) is 0 Å². The van der Waals surface area contributed by atoms with Gasteiger partial charge in [0, 0.05) is 12.6 Å². The predicted molar refractivity (Wildman–Crippen MR) is 58.9 cm³/mol. The van der Waals surface area contributed by atoms with Crippen molar-refractivity contribution in [2.75, 3.05) is 6.54 Å². The maximum absolute atomic E-state index is 11.6. The van der Waals surface area contributed by atoms with Gasteiger partial charge >= 0.3 is 0 Å². The van der Waals surface area contributed by atoms with Crippen molar-refractivity contribution >= 4 is 5.91 Å². The van der Waals surface area contributed by atoms with Crippen molar-refractivity contribution in [2.24, 2.45) is 11.8 Å². The lowest BCUT2D eigenvalue weighted by Gasteiger charge is -2.39. The van der Waals surface area contributed by atoms with Gasteiger partial charge in [-0.15, -0.1) is 0 Å². The number of amides is 1. The van der Waals surface area contributed by atoms with Gasteiger partial charge in [-0.2, -0.15) is 0 Å². The highest BCUT2D eigenvalue weighted by Crippen LogP contribution is 2.27. The molecule has 1 fully saturated rings. The molecule has 0 aromatic carbocycles. The number of carbonyl (C=O) groups excluding carboxylic acids is 1. The van der Waals surface area contributed by atoms with Crippen molar-refractivity contribution in [3.05, 3.63) is 12.7 Å². The Morgan fingerprint density at radius 1 is 1.50 bits per heavy atom. The van der Waals surface area contributed by atoms with E-state index in [1.165, 1.54) is 12.5 Å². The number of rotatable bonds is 2. The molecule has 14 heavy (non-hydrogen) atoms. The van der Waals surface area contributed by atoms with Gasteiger partial charge in [0.25, 0.3) is 0 Å². The summed E-state index contributed by atoms with van der Waals surface area (Å²) in [4.78, 5) is 13.5. The summed E-state index contributed by atoms with van der Waals surface area (Å²) in [6.45, 7) is 11.0. The predicted octanol–water partition coefficient (Wildman–Crippen LogP) is 2.46. The molecule has 0 aliphatic carbocycles. The smallest absolute Gasteiger partial charge is 0.246 e. The third kappa shape index (κ3) is 2.37. The second kappa shape index (κ2) is 4.63. The Morgan fingerprint density at radius 2 is 2.14 bits per heavy atom. The van der Waals surface area contributed by atoms with E-state index in [1.807, 2.05) is 4.90 Å². The first kappa shape index (κ1) is 11.3. The molecule has 2 heteroatoms. The number of hydrogen-bond acceptors (Lipinski definition) is 1. The third-order valence-corrected chi connectivity index (χ3v) is 3.32. The van der Waals surface area contributed by atoms with E-state index < -0.39 is 0 Å². The molecule has 80 valence electrons. The minimum Gasteiger partial charge on any atom is -0.336 e. The molecule has 0 bridgehead atoms. The summed E-state index contributed by atoms with van der Waals surface area (Å²) < 4.78 is 0. The Balaban J connectivity index is 2.64. The molecule has 0 aromatic heterocycles. The highest BCUT2D eigenvalue weighted by Gasteiger charge is 2.28. The normalized spacial score (nSPS) is 27.9. The lowest BCUT2D eigenvalue weighted by molar-refractivity contribution is -0.130. The van der Waals surface area contributed by atoms with E-state index in [0.29, 0.717) is 17.9 Å². The van der Waals surface area contributed by atoms with Crippen LogP contribution in [0.3, 0.4) is 0 Å². The van der Waals surface area contributed by atoms with Crippen LogP contribution in [-0.4, -0.2) is 23.4 Å². The van der Waals surface area contributed by atoms with E-state index in [0.717, 1.165) is 13.0 Å². The first-order chi connectivity index (χ1) is 6.56. The van der Waals surface area contributed by atoms with Crippen LogP contribution in [0.2, 0.25) is 0 Å². The van der Waals surface area contributed by atoms with Gasteiger partial charge in [0.05, 0.1) is 0 Å². The van der Waals surface area contributed by atoms with Gasteiger partial charge in [-0.3, -0.25) is 4.79 Å². The number of piperidine rings is 1. The summed E-state index contributed by atoms with van der Waals surface area (Å²) in [6, 6.07) is 0.385. The van der Waals surface area contributed by atoms with Crippen LogP contribution >= 0.6 is 0 Å². The Bertz CT molecular complexity index is 222. The molecule has 0 saturated carbocycles. The van der Waals surface area contributed by atoms with Crippen LogP contribution in [0.1, 0.15) is 33.6 Å². The topological polar surface area (TPSA) is 20.3 Å². The van der Waals surface area contributed by atoms with Crippen molar-refractivity contribution in [2.45, 2.75) is 39.7 Å². The molecule has 1 heterocycles. The molecular formula is C12H21NO. The molecule has 1 amide bonds. The summed E-state index contributed by atoms with van der Waals surface area (Å²) in [6.07, 6.45) is 3.81. The van der Waals surface area contributed by atoms with Gasteiger partial charge in [-0.05, 0) is 37.7 Å². The van der Waals surface area contributed by atoms with Crippen molar-refractivity contribution in [1.82, 2.24) is 4.90 Å². The van der Waals surface area contributed by atoms with E-state index in [4.69, 9.17) is 0 Å². The van der Waals surface area contributed by atoms with Crippen molar-refractivity contribution in [1.29, 1.82) is 0 Å². The molecule has 1 aliphatic heterocycles. The fraction of sp³-hybridized carbons (Fsp3) is 0.750. The molecule has 2 atom stereocenters. The first-order valence-electron chi connectivity index (χ1n) is 5.49. The molecule has 0 radical (unpaired) electrons. The number of nitrogens with zero attached hydrogens (tertiary/aromatic N) is 1. The molecule has 0 unspecified atom stereocenters. The van der Waals surface area contributed by atoms with E-state index in [2.05, 4.69) is 27.4 Å². The Hall–Kier alpha value is -0.790. The largest absolute Gasteiger partial charge is 0.336 e. The highest BCUT2D eigenvalue weighted by molar-refractivity contribution is 5.87. The molecular weight excluding hydrogens is 174 g/mol. The Morgan fingerprint density at radius 3 is 2.64 bits per heavy atom.